The van der Waals surface area contributed by atoms with E-state index in [1.54, 1.807) is 13.0 Å². The van der Waals surface area contributed by atoms with Crippen molar-refractivity contribution in [1.82, 2.24) is 0 Å². The van der Waals surface area contributed by atoms with Crippen molar-refractivity contribution in [1.29, 1.82) is 0 Å². The maximum Gasteiger partial charge on any atom is 0.187 e. The lowest BCUT2D eigenvalue weighted by molar-refractivity contribution is -0.297. The Hall–Kier alpha value is -0.720. The van der Waals surface area contributed by atoms with Gasteiger partial charge in [-0.1, -0.05) is 44.9 Å². The van der Waals surface area contributed by atoms with E-state index in [0.717, 1.165) is 12.8 Å². The average molecular weight is 483 g/mol. The van der Waals surface area contributed by atoms with E-state index in [0.29, 0.717) is 18.3 Å². The molecule has 3 fully saturated rings. The van der Waals surface area contributed by atoms with Gasteiger partial charge in [0, 0.05) is 8.22 Å². The highest BCUT2D eigenvalue weighted by Crippen LogP contribution is 2.60. The van der Waals surface area contributed by atoms with Crippen molar-refractivity contribution >= 4 is 0 Å². The van der Waals surface area contributed by atoms with Gasteiger partial charge in [0.1, 0.15) is 18.3 Å². The van der Waals surface area contributed by atoms with Crippen molar-refractivity contribution in [3.63, 3.8) is 0 Å². The van der Waals surface area contributed by atoms with E-state index < -0.39 is 55.8 Å². The molecule has 1 N–H and O–H groups in total. The number of aliphatic hydroxyl groups excluding tert-OH is 1. The largest absolute Gasteiger partial charge is 0.385 e. The molecule has 0 radical (unpaired) electrons. The molecule has 4 rings (SSSR count). The number of ether oxygens (including phenoxy) is 4. The molecular formula is C29H48O5. The van der Waals surface area contributed by atoms with Crippen LogP contribution in [-0.4, -0.2) is 47.2 Å². The second-order valence-corrected chi connectivity index (χ2v) is 12.3. The van der Waals surface area contributed by atoms with Gasteiger partial charge >= 0.3 is 0 Å². The van der Waals surface area contributed by atoms with Crippen molar-refractivity contribution < 1.29 is 32.3 Å². The van der Waals surface area contributed by atoms with Gasteiger partial charge in [-0.2, -0.15) is 0 Å². The van der Waals surface area contributed by atoms with Crippen LogP contribution in [0.25, 0.3) is 0 Å². The Kier molecular flexibility index (Phi) is 5.13. The van der Waals surface area contributed by atoms with Gasteiger partial charge < -0.3 is 24.1 Å². The SMILES string of the molecule is [2H]C([2H])([2H])C1(C([2H])([2H])[2H])O[C@@H]2[C@@H](O)[C@H](O[C@@](C)(C=C)CC[C@H]3C(C)=CC[C@H]4C(C)(C)CCC[C@]34C)O[C@H](C)[C@@H]2O1. The minimum atomic E-state index is -3.12. The number of aliphatic hydroxyl groups is 1. The van der Waals surface area contributed by atoms with Crippen LogP contribution in [0.15, 0.2) is 24.3 Å². The van der Waals surface area contributed by atoms with Gasteiger partial charge in [-0.25, -0.2) is 0 Å². The monoisotopic (exact) mass is 482 g/mol. The third-order valence-electron chi connectivity index (χ3n) is 9.40. The molecule has 2 aliphatic heterocycles. The molecule has 2 heterocycles. The summed E-state index contributed by atoms with van der Waals surface area (Å²) in [6, 6.07) is 0. The molecule has 4 aliphatic rings. The molecule has 0 spiro atoms. The first-order valence-corrected chi connectivity index (χ1v) is 12.9. The predicted octanol–water partition coefficient (Wildman–Crippen LogP) is 6.15. The molecule has 5 heteroatoms. The van der Waals surface area contributed by atoms with E-state index in [2.05, 4.69) is 40.3 Å². The molecule has 0 amide bonds. The molecule has 0 aromatic carbocycles. The van der Waals surface area contributed by atoms with Crippen LogP contribution in [0.3, 0.4) is 0 Å². The number of rotatable bonds is 6. The third kappa shape index (κ3) is 4.68. The molecule has 0 aromatic rings. The van der Waals surface area contributed by atoms with Gasteiger partial charge in [0.2, 0.25) is 0 Å². The first kappa shape index (κ1) is 19.4. The minimum absolute atomic E-state index is 0.189. The van der Waals surface area contributed by atoms with E-state index in [9.17, 15) is 5.11 Å². The Morgan fingerprint density at radius 1 is 1.26 bits per heavy atom. The summed E-state index contributed by atoms with van der Waals surface area (Å²) in [7, 11) is 0. The Morgan fingerprint density at radius 2 is 1.97 bits per heavy atom. The Bertz CT molecular complexity index is 978. The molecular weight excluding hydrogens is 428 g/mol. The summed E-state index contributed by atoms with van der Waals surface area (Å²) >= 11 is 0. The normalized spacial score (nSPS) is 48.3. The number of fused-ring (bicyclic) bond motifs is 2. The van der Waals surface area contributed by atoms with Crippen LogP contribution in [-0.2, 0) is 18.9 Å². The molecule has 9 atom stereocenters. The third-order valence-corrected chi connectivity index (χ3v) is 9.40. The van der Waals surface area contributed by atoms with E-state index in [1.807, 2.05) is 6.92 Å². The zero-order valence-electron chi connectivity index (χ0n) is 27.7. The maximum absolute atomic E-state index is 11.2. The summed E-state index contributed by atoms with van der Waals surface area (Å²) in [6.45, 7) is 10.8. The van der Waals surface area contributed by atoms with E-state index in [-0.39, 0.29) is 10.8 Å². The Morgan fingerprint density at radius 3 is 2.65 bits per heavy atom. The van der Waals surface area contributed by atoms with Gasteiger partial charge in [-0.05, 0) is 89.2 Å². The van der Waals surface area contributed by atoms with E-state index in [4.69, 9.17) is 27.2 Å². The predicted molar refractivity (Wildman–Crippen MR) is 134 cm³/mol. The highest BCUT2D eigenvalue weighted by atomic mass is 16.8. The van der Waals surface area contributed by atoms with Crippen LogP contribution in [0, 0.1) is 22.7 Å². The molecule has 1 saturated carbocycles. The number of allylic oxidation sites excluding steroid dienone is 2. The van der Waals surface area contributed by atoms with Gasteiger partial charge in [-0.3, -0.25) is 0 Å². The fourth-order valence-electron chi connectivity index (χ4n) is 7.39. The molecule has 2 aliphatic carbocycles. The highest BCUT2D eigenvalue weighted by molar-refractivity contribution is 5.18. The molecule has 194 valence electrons. The Labute approximate surface area is 215 Å². The lowest BCUT2D eigenvalue weighted by atomic mass is 9.48. The van der Waals surface area contributed by atoms with Crippen molar-refractivity contribution in [3.05, 3.63) is 24.3 Å². The smallest absolute Gasteiger partial charge is 0.187 e. The van der Waals surface area contributed by atoms with Gasteiger partial charge in [0.15, 0.2) is 12.1 Å². The highest BCUT2D eigenvalue weighted by Gasteiger charge is 2.55. The maximum atomic E-state index is 11.2. The summed E-state index contributed by atoms with van der Waals surface area (Å²) in [5, 5.41) is 11.2. The quantitative estimate of drug-likeness (QED) is 0.460. The first-order valence-electron chi connectivity index (χ1n) is 15.9. The van der Waals surface area contributed by atoms with Gasteiger partial charge in [0.05, 0.1) is 11.7 Å². The molecule has 0 aromatic heterocycles. The number of hydrogen-bond donors (Lipinski definition) is 1. The lowest BCUT2D eigenvalue weighted by Gasteiger charge is -2.57. The summed E-state index contributed by atoms with van der Waals surface area (Å²) < 4.78 is 70.7. The standard InChI is InChI=1S/C29H48O5/c1-10-28(8,34-25-22(30)24-23(19(3)31-25)32-27(6,7)33-24)17-14-20-18(2)12-13-21-26(4,5)15-11-16-29(20,21)9/h10,12,19-25,30H,1,11,13-17H2,2-9H3/t19-,20+,21+,22-,23+,24-,25+,28+,29-/m1/s1/i6D3,7D3. The molecule has 0 unspecified atom stereocenters. The van der Waals surface area contributed by atoms with Crippen LogP contribution >= 0.6 is 0 Å². The molecule has 5 nitrogen and oxygen atoms in total. The van der Waals surface area contributed by atoms with Crippen molar-refractivity contribution in [2.75, 3.05) is 0 Å². The second kappa shape index (κ2) is 8.99. The van der Waals surface area contributed by atoms with E-state index >= 15 is 0 Å². The fourth-order valence-corrected chi connectivity index (χ4v) is 7.39. The lowest BCUT2D eigenvalue weighted by Crippen LogP contribution is -2.57. The van der Waals surface area contributed by atoms with Crippen LogP contribution < -0.4 is 0 Å². The second-order valence-electron chi connectivity index (χ2n) is 12.3. The number of hydrogen-bond acceptors (Lipinski definition) is 5. The van der Waals surface area contributed by atoms with Crippen molar-refractivity contribution in [2.45, 2.75) is 136 Å². The molecule has 34 heavy (non-hydrogen) atoms. The van der Waals surface area contributed by atoms with Crippen LogP contribution in [0.4, 0.5) is 0 Å². The van der Waals surface area contributed by atoms with Crippen molar-refractivity contribution in [3.8, 4) is 0 Å². The zero-order valence-corrected chi connectivity index (χ0v) is 21.7. The zero-order chi connectivity index (χ0) is 30.1. The van der Waals surface area contributed by atoms with Crippen LogP contribution in [0.1, 0.15) is 102 Å². The van der Waals surface area contributed by atoms with Crippen molar-refractivity contribution in [2.24, 2.45) is 22.7 Å². The summed E-state index contributed by atoms with van der Waals surface area (Å²) in [5.41, 5.74) is 1.02. The van der Waals surface area contributed by atoms with Crippen LogP contribution in [0.5, 0.6) is 0 Å². The van der Waals surface area contributed by atoms with Gasteiger partial charge in [-0.15, -0.1) is 6.58 Å². The van der Waals surface area contributed by atoms with E-state index in [1.165, 1.54) is 24.8 Å². The molecule has 0 bridgehead atoms. The topological polar surface area (TPSA) is 57.2 Å². The Balaban J connectivity index is 1.51. The first-order chi connectivity index (χ1) is 18.2. The average Bonchev–Trinajstić information content (AvgIpc) is 3.25. The van der Waals surface area contributed by atoms with Crippen LogP contribution in [0.2, 0.25) is 0 Å². The minimum Gasteiger partial charge on any atom is -0.385 e. The fraction of sp³-hybridized carbons (Fsp3) is 0.862. The molecule has 2 saturated heterocycles. The summed E-state index contributed by atoms with van der Waals surface area (Å²) in [5.74, 6) is -1.87. The summed E-state index contributed by atoms with van der Waals surface area (Å²) in [6.07, 6.45) is 4.62. The van der Waals surface area contributed by atoms with Gasteiger partial charge in [0.25, 0.3) is 0 Å². The summed E-state index contributed by atoms with van der Waals surface area (Å²) in [4.78, 5) is 0.